The fourth-order valence-corrected chi connectivity index (χ4v) is 1.75. The quantitative estimate of drug-likeness (QED) is 0.549. The van der Waals surface area contributed by atoms with E-state index in [1.165, 1.54) is 0 Å². The first-order valence-electron chi connectivity index (χ1n) is 4.96. The molecule has 15 heavy (non-hydrogen) atoms. The van der Waals surface area contributed by atoms with Crippen LogP contribution in [0.4, 0.5) is 0 Å². The van der Waals surface area contributed by atoms with Gasteiger partial charge in [-0.25, -0.2) is 0 Å². The summed E-state index contributed by atoms with van der Waals surface area (Å²) in [4.78, 5) is 10.8. The summed E-state index contributed by atoms with van der Waals surface area (Å²) in [6.45, 7) is 2.63. The van der Waals surface area contributed by atoms with E-state index in [-0.39, 0.29) is 0 Å². The smallest absolute Gasteiger partial charge is 0.153 e. The van der Waals surface area contributed by atoms with Crippen molar-refractivity contribution < 1.29 is 9.53 Å². The highest BCUT2D eigenvalue weighted by Gasteiger charge is 2.05. The summed E-state index contributed by atoms with van der Waals surface area (Å²) in [5.41, 5.74) is 1.66. The van der Waals surface area contributed by atoms with E-state index < -0.39 is 0 Å². The van der Waals surface area contributed by atoms with Crippen molar-refractivity contribution in [1.82, 2.24) is 0 Å². The lowest BCUT2D eigenvalue weighted by Crippen LogP contribution is -2.02. The minimum Gasteiger partial charge on any atom is -0.493 e. The molecule has 0 saturated carbocycles. The minimum atomic E-state index is 0.638. The maximum Gasteiger partial charge on any atom is 0.153 e. The van der Waals surface area contributed by atoms with Crippen LogP contribution < -0.4 is 4.74 Å². The number of hydrogen-bond donors (Lipinski definition) is 0. The van der Waals surface area contributed by atoms with Crippen LogP contribution in [-0.4, -0.2) is 24.9 Å². The Bertz CT molecular complexity index is 323. The van der Waals surface area contributed by atoms with Gasteiger partial charge in [0.25, 0.3) is 0 Å². The lowest BCUT2D eigenvalue weighted by atomic mass is 10.1. The molecule has 0 aliphatic rings. The van der Waals surface area contributed by atoms with E-state index in [9.17, 15) is 4.79 Å². The fourth-order valence-electron chi connectivity index (χ4n) is 1.34. The van der Waals surface area contributed by atoms with Gasteiger partial charge in [-0.2, -0.15) is 11.8 Å². The molecule has 0 aromatic heterocycles. The highest BCUT2D eigenvalue weighted by atomic mass is 32.2. The molecule has 1 aromatic carbocycles. The average Bonchev–Trinajstić information content (AvgIpc) is 2.26. The predicted molar refractivity (Wildman–Crippen MR) is 65.1 cm³/mol. The molecule has 0 heterocycles. The molecule has 0 fully saturated rings. The Morgan fingerprint density at radius 1 is 1.47 bits per heavy atom. The van der Waals surface area contributed by atoms with Crippen molar-refractivity contribution in [3.05, 3.63) is 29.3 Å². The molecule has 0 aliphatic carbocycles. The zero-order chi connectivity index (χ0) is 11.1. The molecule has 0 amide bonds. The number of ether oxygens (including phenoxy) is 1. The van der Waals surface area contributed by atoms with Gasteiger partial charge in [0.1, 0.15) is 5.75 Å². The van der Waals surface area contributed by atoms with E-state index in [1.54, 1.807) is 17.8 Å². The molecule has 0 atom stereocenters. The van der Waals surface area contributed by atoms with Gasteiger partial charge in [0.05, 0.1) is 12.2 Å². The molecular formula is C12H16O2S. The largest absolute Gasteiger partial charge is 0.493 e. The van der Waals surface area contributed by atoms with Crippen molar-refractivity contribution in [2.45, 2.75) is 13.3 Å². The molecule has 0 spiro atoms. The predicted octanol–water partition coefficient (Wildman–Crippen LogP) is 2.94. The first kappa shape index (κ1) is 12.1. The van der Waals surface area contributed by atoms with Crippen molar-refractivity contribution >= 4 is 18.0 Å². The maximum atomic E-state index is 10.8. The zero-order valence-corrected chi connectivity index (χ0v) is 9.97. The van der Waals surface area contributed by atoms with Crippen LogP contribution in [0, 0.1) is 6.92 Å². The minimum absolute atomic E-state index is 0.638. The SMILES string of the molecule is CSCCCOc1c(C)cccc1C=O. The second-order valence-electron chi connectivity index (χ2n) is 3.31. The number of hydrogen-bond acceptors (Lipinski definition) is 3. The molecule has 0 radical (unpaired) electrons. The van der Waals surface area contributed by atoms with Gasteiger partial charge >= 0.3 is 0 Å². The van der Waals surface area contributed by atoms with Gasteiger partial charge in [-0.15, -0.1) is 0 Å². The lowest BCUT2D eigenvalue weighted by molar-refractivity contribution is 0.111. The second-order valence-corrected chi connectivity index (χ2v) is 4.29. The summed E-state index contributed by atoms with van der Waals surface area (Å²) in [7, 11) is 0. The average molecular weight is 224 g/mol. The Balaban J connectivity index is 2.62. The van der Waals surface area contributed by atoms with Crippen LogP contribution in [0.25, 0.3) is 0 Å². The standard InChI is InChI=1S/C12H16O2S/c1-10-5-3-6-11(9-13)12(10)14-7-4-8-15-2/h3,5-6,9H,4,7-8H2,1-2H3. The molecular weight excluding hydrogens is 208 g/mol. The third kappa shape index (κ3) is 3.59. The molecule has 0 saturated heterocycles. The summed E-state index contributed by atoms with van der Waals surface area (Å²) in [6, 6.07) is 5.61. The van der Waals surface area contributed by atoms with Gasteiger partial charge < -0.3 is 4.74 Å². The van der Waals surface area contributed by atoms with Crippen LogP contribution in [0.2, 0.25) is 0 Å². The summed E-state index contributed by atoms with van der Waals surface area (Å²) in [5.74, 6) is 1.82. The monoisotopic (exact) mass is 224 g/mol. The van der Waals surface area contributed by atoms with Crippen LogP contribution in [0.3, 0.4) is 0 Å². The molecule has 0 N–H and O–H groups in total. The van der Waals surface area contributed by atoms with Crippen molar-refractivity contribution in [3.8, 4) is 5.75 Å². The number of para-hydroxylation sites is 1. The zero-order valence-electron chi connectivity index (χ0n) is 9.16. The van der Waals surface area contributed by atoms with E-state index >= 15 is 0 Å². The van der Waals surface area contributed by atoms with Crippen molar-refractivity contribution in [1.29, 1.82) is 0 Å². The molecule has 1 aromatic rings. The van der Waals surface area contributed by atoms with E-state index in [2.05, 4.69) is 6.26 Å². The van der Waals surface area contributed by atoms with Crippen LogP contribution >= 0.6 is 11.8 Å². The summed E-state index contributed by atoms with van der Waals surface area (Å²) in [6.07, 6.45) is 3.93. The van der Waals surface area contributed by atoms with E-state index in [0.29, 0.717) is 12.2 Å². The van der Waals surface area contributed by atoms with Gasteiger partial charge in [-0.3, -0.25) is 4.79 Å². The Hall–Kier alpha value is -0.960. The molecule has 3 heteroatoms. The molecule has 1 rings (SSSR count). The molecule has 0 bridgehead atoms. The van der Waals surface area contributed by atoms with Gasteiger partial charge in [-0.05, 0) is 37.0 Å². The topological polar surface area (TPSA) is 26.3 Å². The van der Waals surface area contributed by atoms with Crippen molar-refractivity contribution in [2.75, 3.05) is 18.6 Å². The first-order chi connectivity index (χ1) is 7.29. The number of benzene rings is 1. The third-order valence-electron chi connectivity index (χ3n) is 2.11. The summed E-state index contributed by atoms with van der Waals surface area (Å²) >= 11 is 1.80. The summed E-state index contributed by atoms with van der Waals surface area (Å²) in [5, 5.41) is 0. The molecule has 2 nitrogen and oxygen atoms in total. The number of carbonyl (C=O) groups excluding carboxylic acids is 1. The van der Waals surface area contributed by atoms with E-state index in [4.69, 9.17) is 4.74 Å². The highest BCUT2D eigenvalue weighted by molar-refractivity contribution is 7.98. The van der Waals surface area contributed by atoms with E-state index in [0.717, 1.165) is 29.8 Å². The number of aldehydes is 1. The maximum absolute atomic E-state index is 10.8. The summed E-state index contributed by atoms with van der Waals surface area (Å²) < 4.78 is 5.62. The van der Waals surface area contributed by atoms with Crippen LogP contribution in [0.5, 0.6) is 5.75 Å². The second kappa shape index (κ2) is 6.51. The Labute approximate surface area is 95.0 Å². The van der Waals surface area contributed by atoms with Crippen molar-refractivity contribution in [3.63, 3.8) is 0 Å². The van der Waals surface area contributed by atoms with Crippen LogP contribution in [0.15, 0.2) is 18.2 Å². The van der Waals surface area contributed by atoms with Gasteiger partial charge in [0.15, 0.2) is 6.29 Å². The highest BCUT2D eigenvalue weighted by Crippen LogP contribution is 2.21. The van der Waals surface area contributed by atoms with E-state index in [1.807, 2.05) is 19.1 Å². The number of rotatable bonds is 6. The Morgan fingerprint density at radius 3 is 2.93 bits per heavy atom. The number of thioether (sulfide) groups is 1. The Morgan fingerprint density at radius 2 is 2.27 bits per heavy atom. The van der Waals surface area contributed by atoms with Crippen LogP contribution in [0.1, 0.15) is 22.3 Å². The number of carbonyl (C=O) groups is 1. The van der Waals surface area contributed by atoms with Gasteiger partial charge in [0.2, 0.25) is 0 Å². The van der Waals surface area contributed by atoms with Gasteiger partial charge in [-0.1, -0.05) is 12.1 Å². The molecule has 0 aliphatic heterocycles. The normalized spacial score (nSPS) is 10.0. The molecule has 82 valence electrons. The lowest BCUT2D eigenvalue weighted by Gasteiger charge is -2.10. The number of aryl methyl sites for hydroxylation is 1. The third-order valence-corrected chi connectivity index (χ3v) is 2.81. The van der Waals surface area contributed by atoms with Gasteiger partial charge in [0, 0.05) is 0 Å². The first-order valence-corrected chi connectivity index (χ1v) is 6.35. The fraction of sp³-hybridized carbons (Fsp3) is 0.417. The molecule has 0 unspecified atom stereocenters. The van der Waals surface area contributed by atoms with Crippen molar-refractivity contribution in [2.24, 2.45) is 0 Å². The Kier molecular flexibility index (Phi) is 5.26. The van der Waals surface area contributed by atoms with Crippen LogP contribution in [-0.2, 0) is 0 Å².